The van der Waals surface area contributed by atoms with Crippen LogP contribution in [-0.4, -0.2) is 68.2 Å². The molecule has 1 aliphatic heterocycles. The first-order valence-electron chi connectivity index (χ1n) is 11.0. The molecule has 1 unspecified atom stereocenters. The molecule has 2 rings (SSSR count). The predicted molar refractivity (Wildman–Crippen MR) is 118 cm³/mol. The molecule has 168 valence electrons. The molecule has 1 aromatic rings. The Kier molecular flexibility index (Phi) is 10.4. The van der Waals surface area contributed by atoms with Gasteiger partial charge in [0.1, 0.15) is 17.7 Å². The topological polar surface area (TPSA) is 78.0 Å². The van der Waals surface area contributed by atoms with Crippen LogP contribution in [0.4, 0.5) is 4.39 Å². The fraction of sp³-hybridized carbons (Fsp3) is 0.636. The van der Waals surface area contributed by atoms with E-state index in [1.807, 2.05) is 13.8 Å². The number of piperidine rings is 1. The Balaban J connectivity index is 1.77. The molecule has 1 fully saturated rings. The van der Waals surface area contributed by atoms with Gasteiger partial charge in [0.25, 0.3) is 0 Å². The minimum atomic E-state index is -0.313. The van der Waals surface area contributed by atoms with Crippen molar-refractivity contribution < 1.29 is 13.9 Å². The second-order valence-corrected chi connectivity index (χ2v) is 7.65. The van der Waals surface area contributed by atoms with Crippen molar-refractivity contribution in [2.24, 2.45) is 4.99 Å². The summed E-state index contributed by atoms with van der Waals surface area (Å²) in [5.74, 6) is 1.05. The number of likely N-dealkylation sites (tertiary alicyclic amines) is 1. The molecule has 1 saturated heterocycles. The number of hydrogen-bond acceptors (Lipinski definition) is 4. The lowest BCUT2D eigenvalue weighted by Crippen LogP contribution is -2.50. The van der Waals surface area contributed by atoms with Gasteiger partial charge < -0.3 is 20.7 Å². The van der Waals surface area contributed by atoms with Gasteiger partial charge in [0, 0.05) is 38.3 Å². The second-order valence-electron chi connectivity index (χ2n) is 7.65. The van der Waals surface area contributed by atoms with Crippen molar-refractivity contribution in [1.29, 1.82) is 0 Å². The fourth-order valence-electron chi connectivity index (χ4n) is 3.30. The molecule has 0 aromatic heterocycles. The average Bonchev–Trinajstić information content (AvgIpc) is 2.72. The van der Waals surface area contributed by atoms with Crippen LogP contribution in [0.5, 0.6) is 5.75 Å². The highest BCUT2D eigenvalue weighted by atomic mass is 19.1. The Hall–Kier alpha value is -2.35. The van der Waals surface area contributed by atoms with Crippen LogP contribution in [-0.2, 0) is 4.79 Å². The molecule has 8 heteroatoms. The Morgan fingerprint density at radius 3 is 2.73 bits per heavy atom. The summed E-state index contributed by atoms with van der Waals surface area (Å²) in [6.07, 6.45) is 2.70. The molecule has 1 atom stereocenters. The van der Waals surface area contributed by atoms with Crippen LogP contribution in [0.15, 0.2) is 29.3 Å². The van der Waals surface area contributed by atoms with E-state index in [0.717, 1.165) is 51.4 Å². The van der Waals surface area contributed by atoms with E-state index in [1.165, 1.54) is 12.1 Å². The van der Waals surface area contributed by atoms with E-state index in [2.05, 4.69) is 32.8 Å². The van der Waals surface area contributed by atoms with Crippen LogP contribution >= 0.6 is 0 Å². The number of aliphatic imine (C=N–C) groups is 1. The predicted octanol–water partition coefficient (Wildman–Crippen LogP) is 2.14. The summed E-state index contributed by atoms with van der Waals surface area (Å²) in [4.78, 5) is 18.7. The van der Waals surface area contributed by atoms with E-state index in [0.29, 0.717) is 24.9 Å². The molecule has 30 heavy (non-hydrogen) atoms. The Morgan fingerprint density at radius 1 is 1.30 bits per heavy atom. The van der Waals surface area contributed by atoms with Gasteiger partial charge in [-0.05, 0) is 45.2 Å². The number of nitrogens with zero attached hydrogens (tertiary/aromatic N) is 2. The van der Waals surface area contributed by atoms with Crippen LogP contribution in [0, 0.1) is 5.82 Å². The lowest BCUT2D eigenvalue weighted by atomic mass is 10.1. The summed E-state index contributed by atoms with van der Waals surface area (Å²) in [5.41, 5.74) is 0. The summed E-state index contributed by atoms with van der Waals surface area (Å²) < 4.78 is 19.0. The van der Waals surface area contributed by atoms with Crippen LogP contribution in [0.3, 0.4) is 0 Å². The zero-order chi connectivity index (χ0) is 21.8. The van der Waals surface area contributed by atoms with E-state index in [-0.39, 0.29) is 17.8 Å². The molecular formula is C22H36FN5O2. The van der Waals surface area contributed by atoms with Gasteiger partial charge in [-0.15, -0.1) is 0 Å². The summed E-state index contributed by atoms with van der Waals surface area (Å²) in [7, 11) is 0. The highest BCUT2D eigenvalue weighted by molar-refractivity contribution is 5.80. The molecule has 0 aliphatic carbocycles. The Bertz CT molecular complexity index is 677. The highest BCUT2D eigenvalue weighted by Crippen LogP contribution is 2.14. The van der Waals surface area contributed by atoms with Gasteiger partial charge in [-0.1, -0.05) is 13.0 Å². The van der Waals surface area contributed by atoms with E-state index >= 15 is 0 Å². The number of carbonyl (C=O) groups is 1. The van der Waals surface area contributed by atoms with Gasteiger partial charge in [-0.25, -0.2) is 9.38 Å². The van der Waals surface area contributed by atoms with Crippen LogP contribution in [0.25, 0.3) is 0 Å². The van der Waals surface area contributed by atoms with Crippen LogP contribution in [0.1, 0.15) is 40.0 Å². The lowest BCUT2D eigenvalue weighted by Gasteiger charge is -2.32. The van der Waals surface area contributed by atoms with Crippen molar-refractivity contribution >= 4 is 11.9 Å². The molecule has 1 aromatic carbocycles. The van der Waals surface area contributed by atoms with Gasteiger partial charge in [-0.2, -0.15) is 0 Å². The zero-order valence-electron chi connectivity index (χ0n) is 18.4. The number of halogens is 1. The van der Waals surface area contributed by atoms with Crippen molar-refractivity contribution in [3.63, 3.8) is 0 Å². The highest BCUT2D eigenvalue weighted by Gasteiger charge is 2.21. The number of ether oxygens (including phenoxy) is 1. The minimum Gasteiger partial charge on any atom is -0.489 e. The number of benzene rings is 1. The molecule has 0 spiro atoms. The number of rotatable bonds is 10. The lowest BCUT2D eigenvalue weighted by molar-refractivity contribution is -0.122. The summed E-state index contributed by atoms with van der Waals surface area (Å²) in [5, 5.41) is 9.69. The summed E-state index contributed by atoms with van der Waals surface area (Å²) in [6, 6.07) is 6.46. The molecule has 1 amide bonds. The molecular weight excluding hydrogens is 385 g/mol. The largest absolute Gasteiger partial charge is 0.489 e. The monoisotopic (exact) mass is 421 g/mol. The van der Waals surface area contributed by atoms with E-state index < -0.39 is 0 Å². The minimum absolute atomic E-state index is 0.102. The Morgan fingerprint density at radius 2 is 2.07 bits per heavy atom. The third kappa shape index (κ3) is 8.98. The summed E-state index contributed by atoms with van der Waals surface area (Å²) >= 11 is 0. The van der Waals surface area contributed by atoms with Crippen molar-refractivity contribution in [3.8, 4) is 5.75 Å². The van der Waals surface area contributed by atoms with Gasteiger partial charge in [-0.3, -0.25) is 9.69 Å². The van der Waals surface area contributed by atoms with Gasteiger partial charge in [0.2, 0.25) is 5.91 Å². The molecule has 0 bridgehead atoms. The molecule has 0 radical (unpaired) electrons. The molecule has 1 aliphatic rings. The van der Waals surface area contributed by atoms with Gasteiger partial charge >= 0.3 is 0 Å². The standard InChI is InChI=1S/C22H36FN5O2/c1-4-11-25-21(29)16-28-12-9-19(10-13-28)27-22(24-5-2)26-15-17(3)30-20-8-6-7-18(23)14-20/h6-8,14,17,19H,4-5,9-13,15-16H2,1-3H3,(H,25,29)(H2,24,26,27). The molecule has 0 saturated carbocycles. The van der Waals surface area contributed by atoms with Crippen LogP contribution in [0.2, 0.25) is 0 Å². The fourth-order valence-corrected chi connectivity index (χ4v) is 3.30. The second kappa shape index (κ2) is 13.1. The van der Waals surface area contributed by atoms with Crippen molar-refractivity contribution in [1.82, 2.24) is 20.9 Å². The smallest absolute Gasteiger partial charge is 0.234 e. The third-order valence-corrected chi connectivity index (χ3v) is 4.85. The number of amides is 1. The van der Waals surface area contributed by atoms with E-state index in [1.54, 1.807) is 12.1 Å². The first-order chi connectivity index (χ1) is 14.5. The number of guanidine groups is 1. The first kappa shape index (κ1) is 23.9. The third-order valence-electron chi connectivity index (χ3n) is 4.85. The van der Waals surface area contributed by atoms with E-state index in [4.69, 9.17) is 4.74 Å². The molecule has 7 nitrogen and oxygen atoms in total. The van der Waals surface area contributed by atoms with Gasteiger partial charge in [0.15, 0.2) is 5.96 Å². The number of hydrogen-bond donors (Lipinski definition) is 3. The normalized spacial score (nSPS) is 16.7. The maximum absolute atomic E-state index is 13.3. The van der Waals surface area contributed by atoms with E-state index in [9.17, 15) is 9.18 Å². The average molecular weight is 422 g/mol. The van der Waals surface area contributed by atoms with Crippen molar-refractivity contribution in [2.75, 3.05) is 39.3 Å². The molecule has 1 heterocycles. The van der Waals surface area contributed by atoms with Crippen LogP contribution < -0.4 is 20.7 Å². The quantitative estimate of drug-likeness (QED) is 0.399. The maximum Gasteiger partial charge on any atom is 0.234 e. The van der Waals surface area contributed by atoms with Gasteiger partial charge in [0.05, 0.1) is 13.1 Å². The first-order valence-corrected chi connectivity index (χ1v) is 11.0. The summed E-state index contributed by atoms with van der Waals surface area (Å²) in [6.45, 7) is 10.2. The van der Waals surface area contributed by atoms with Crippen molar-refractivity contribution in [2.45, 2.75) is 52.2 Å². The number of nitrogens with one attached hydrogen (secondary N) is 3. The Labute approximate surface area is 179 Å². The zero-order valence-corrected chi connectivity index (χ0v) is 18.4. The van der Waals surface area contributed by atoms with Crippen molar-refractivity contribution in [3.05, 3.63) is 30.1 Å². The molecule has 3 N–H and O–H groups in total. The SMILES string of the molecule is CCCNC(=O)CN1CCC(NC(=NCC(C)Oc2cccc(F)c2)NCC)CC1. The maximum atomic E-state index is 13.3. The number of carbonyl (C=O) groups excluding carboxylic acids is 1.